The number of benzene rings is 2. The minimum atomic E-state index is -0.583. The number of carbonyl (C=O) groups excluding carboxylic acids is 3. The van der Waals surface area contributed by atoms with Crippen LogP contribution in [-0.4, -0.2) is 35.3 Å². The van der Waals surface area contributed by atoms with Gasteiger partial charge in [0.15, 0.2) is 0 Å². The van der Waals surface area contributed by atoms with Gasteiger partial charge in [-0.3, -0.25) is 14.4 Å². The van der Waals surface area contributed by atoms with Crippen LogP contribution in [-0.2, 0) is 14.4 Å². The summed E-state index contributed by atoms with van der Waals surface area (Å²) in [7, 11) is 0. The van der Waals surface area contributed by atoms with E-state index in [9.17, 15) is 14.4 Å². The minimum absolute atomic E-state index is 0.0623. The van der Waals surface area contributed by atoms with E-state index in [1.165, 1.54) is 4.90 Å². The van der Waals surface area contributed by atoms with Gasteiger partial charge in [-0.05, 0) is 55.8 Å². The molecule has 2 aromatic carbocycles. The molecule has 152 valence electrons. The monoisotopic (exact) mass is 432 g/mol. The molecule has 0 bridgehead atoms. The van der Waals surface area contributed by atoms with E-state index in [0.29, 0.717) is 28.8 Å². The maximum atomic E-state index is 12.7. The lowest BCUT2D eigenvalue weighted by atomic mass is 10.2. The van der Waals surface area contributed by atoms with Gasteiger partial charge < -0.3 is 10.1 Å². The standard InChI is InChI=1S/C21H21ClN2O4S/c1-3-28-15-9-7-14(8-10-15)24-20(26)11-18(21(24)27)29-12-19(25)23-17-6-4-5-16(22)13(17)2/h4-10,18H,3,11-12H2,1-2H3,(H,23,25)/t18-/m0/s1. The minimum Gasteiger partial charge on any atom is -0.494 e. The van der Waals surface area contributed by atoms with Gasteiger partial charge >= 0.3 is 0 Å². The van der Waals surface area contributed by atoms with Crippen LogP contribution in [0.15, 0.2) is 42.5 Å². The molecular weight excluding hydrogens is 412 g/mol. The van der Waals surface area contributed by atoms with Crippen LogP contribution >= 0.6 is 23.4 Å². The zero-order valence-corrected chi connectivity index (χ0v) is 17.7. The lowest BCUT2D eigenvalue weighted by Gasteiger charge is -2.15. The molecule has 1 heterocycles. The molecular formula is C21H21ClN2O4S. The molecule has 1 aliphatic rings. The van der Waals surface area contributed by atoms with E-state index in [4.69, 9.17) is 16.3 Å². The molecule has 0 radical (unpaired) electrons. The number of carbonyl (C=O) groups is 3. The number of halogens is 1. The molecule has 2 aromatic rings. The average Bonchev–Trinajstić information content (AvgIpc) is 2.98. The van der Waals surface area contributed by atoms with Crippen LogP contribution in [0.25, 0.3) is 0 Å². The number of anilines is 2. The van der Waals surface area contributed by atoms with E-state index in [0.717, 1.165) is 17.3 Å². The number of thioether (sulfide) groups is 1. The Labute approximate surface area is 178 Å². The Morgan fingerprint density at radius 2 is 1.97 bits per heavy atom. The fraction of sp³-hybridized carbons (Fsp3) is 0.286. The van der Waals surface area contributed by atoms with Crippen molar-refractivity contribution in [1.29, 1.82) is 0 Å². The summed E-state index contributed by atoms with van der Waals surface area (Å²) >= 11 is 7.22. The van der Waals surface area contributed by atoms with Crippen molar-refractivity contribution in [3.05, 3.63) is 53.1 Å². The SMILES string of the molecule is CCOc1ccc(N2C(=O)C[C@H](SCC(=O)Nc3cccc(Cl)c3C)C2=O)cc1. The third-order valence-electron chi connectivity index (χ3n) is 4.47. The van der Waals surface area contributed by atoms with Crippen LogP contribution in [0.4, 0.5) is 11.4 Å². The normalized spacial score (nSPS) is 16.2. The highest BCUT2D eigenvalue weighted by Crippen LogP contribution is 2.31. The van der Waals surface area contributed by atoms with Crippen LogP contribution in [0.5, 0.6) is 5.75 Å². The van der Waals surface area contributed by atoms with Gasteiger partial charge in [0.2, 0.25) is 17.7 Å². The van der Waals surface area contributed by atoms with Crippen molar-refractivity contribution in [1.82, 2.24) is 0 Å². The molecule has 6 nitrogen and oxygen atoms in total. The van der Waals surface area contributed by atoms with Crippen molar-refractivity contribution in [2.75, 3.05) is 22.6 Å². The van der Waals surface area contributed by atoms with Gasteiger partial charge in [-0.1, -0.05) is 17.7 Å². The van der Waals surface area contributed by atoms with Gasteiger partial charge in [0.1, 0.15) is 5.75 Å². The lowest BCUT2D eigenvalue weighted by Crippen LogP contribution is -2.31. The molecule has 1 saturated heterocycles. The first kappa shape index (κ1) is 21.2. The Hall–Kier alpha value is -2.51. The summed E-state index contributed by atoms with van der Waals surface area (Å²) in [4.78, 5) is 38.5. The van der Waals surface area contributed by atoms with Crippen molar-refractivity contribution < 1.29 is 19.1 Å². The first-order chi connectivity index (χ1) is 13.9. The van der Waals surface area contributed by atoms with Crippen molar-refractivity contribution >= 4 is 52.5 Å². The number of hydrogen-bond donors (Lipinski definition) is 1. The van der Waals surface area contributed by atoms with Gasteiger partial charge in [0.25, 0.3) is 0 Å². The molecule has 8 heteroatoms. The highest BCUT2D eigenvalue weighted by molar-refractivity contribution is 8.01. The highest BCUT2D eigenvalue weighted by atomic mass is 35.5. The molecule has 1 aliphatic heterocycles. The summed E-state index contributed by atoms with van der Waals surface area (Å²) in [5, 5.41) is 2.78. The molecule has 0 saturated carbocycles. The van der Waals surface area contributed by atoms with Crippen molar-refractivity contribution in [2.45, 2.75) is 25.5 Å². The van der Waals surface area contributed by atoms with Gasteiger partial charge in [-0.2, -0.15) is 0 Å². The summed E-state index contributed by atoms with van der Waals surface area (Å²) < 4.78 is 5.38. The Kier molecular flexibility index (Phi) is 6.82. The fourth-order valence-corrected chi connectivity index (χ4v) is 4.08. The van der Waals surface area contributed by atoms with Crippen molar-refractivity contribution in [3.8, 4) is 5.75 Å². The number of nitrogens with one attached hydrogen (secondary N) is 1. The zero-order valence-electron chi connectivity index (χ0n) is 16.1. The zero-order chi connectivity index (χ0) is 21.0. The fourth-order valence-electron chi connectivity index (χ4n) is 2.97. The molecule has 0 aliphatic carbocycles. The van der Waals surface area contributed by atoms with E-state index in [1.807, 2.05) is 13.8 Å². The largest absolute Gasteiger partial charge is 0.494 e. The number of rotatable bonds is 7. The van der Waals surface area contributed by atoms with E-state index >= 15 is 0 Å². The summed E-state index contributed by atoms with van der Waals surface area (Å²) in [5.41, 5.74) is 1.92. The van der Waals surface area contributed by atoms with E-state index in [2.05, 4.69) is 5.32 Å². The molecule has 1 fully saturated rings. The van der Waals surface area contributed by atoms with Crippen LogP contribution in [0.2, 0.25) is 5.02 Å². The predicted molar refractivity (Wildman–Crippen MR) is 116 cm³/mol. The highest BCUT2D eigenvalue weighted by Gasteiger charge is 2.40. The van der Waals surface area contributed by atoms with Gasteiger partial charge in [-0.15, -0.1) is 11.8 Å². The smallest absolute Gasteiger partial charge is 0.247 e. The van der Waals surface area contributed by atoms with Gasteiger partial charge in [-0.25, -0.2) is 4.90 Å². The maximum Gasteiger partial charge on any atom is 0.247 e. The molecule has 29 heavy (non-hydrogen) atoms. The molecule has 3 rings (SSSR count). The predicted octanol–water partition coefficient (Wildman–Crippen LogP) is 4.05. The third kappa shape index (κ3) is 4.92. The molecule has 0 unspecified atom stereocenters. The average molecular weight is 433 g/mol. The van der Waals surface area contributed by atoms with E-state index < -0.39 is 5.25 Å². The molecule has 1 N–H and O–H groups in total. The quantitative estimate of drug-likeness (QED) is 0.668. The second-order valence-corrected chi connectivity index (χ2v) is 8.06. The number of nitrogens with zero attached hydrogens (tertiary/aromatic N) is 1. The van der Waals surface area contributed by atoms with Crippen LogP contribution < -0.4 is 15.0 Å². The Morgan fingerprint density at radius 1 is 1.24 bits per heavy atom. The first-order valence-electron chi connectivity index (χ1n) is 9.17. The van der Waals surface area contributed by atoms with Crippen LogP contribution in [0.1, 0.15) is 18.9 Å². The summed E-state index contributed by atoms with van der Waals surface area (Å²) in [6, 6.07) is 12.1. The summed E-state index contributed by atoms with van der Waals surface area (Å²) in [6.07, 6.45) is 0.0696. The Balaban J connectivity index is 1.59. The molecule has 0 spiro atoms. The second-order valence-electron chi connectivity index (χ2n) is 6.46. The first-order valence-corrected chi connectivity index (χ1v) is 10.6. The van der Waals surface area contributed by atoms with Gasteiger partial charge in [0.05, 0.1) is 23.3 Å². The lowest BCUT2D eigenvalue weighted by molar-refractivity contribution is -0.121. The topological polar surface area (TPSA) is 75.7 Å². The molecule has 0 aromatic heterocycles. The second kappa shape index (κ2) is 9.33. The Morgan fingerprint density at radius 3 is 2.66 bits per heavy atom. The number of amides is 3. The van der Waals surface area contributed by atoms with Crippen molar-refractivity contribution in [2.24, 2.45) is 0 Å². The van der Waals surface area contributed by atoms with Crippen molar-refractivity contribution in [3.63, 3.8) is 0 Å². The van der Waals surface area contributed by atoms with Crippen LogP contribution in [0.3, 0.4) is 0 Å². The number of hydrogen-bond acceptors (Lipinski definition) is 5. The number of imide groups is 1. The molecule has 1 atom stereocenters. The third-order valence-corrected chi connectivity index (χ3v) is 6.08. The maximum absolute atomic E-state index is 12.7. The molecule has 3 amide bonds. The summed E-state index contributed by atoms with van der Waals surface area (Å²) in [6.45, 7) is 4.24. The Bertz CT molecular complexity index is 933. The van der Waals surface area contributed by atoms with E-state index in [1.54, 1.807) is 42.5 Å². The number of ether oxygens (including phenoxy) is 1. The van der Waals surface area contributed by atoms with Gasteiger partial charge in [0, 0.05) is 17.1 Å². The van der Waals surface area contributed by atoms with E-state index in [-0.39, 0.29) is 29.9 Å². The van der Waals surface area contributed by atoms with Crippen LogP contribution in [0, 0.1) is 6.92 Å². The summed E-state index contributed by atoms with van der Waals surface area (Å²) in [5.74, 6) is -0.0970.